The van der Waals surface area contributed by atoms with Crippen LogP contribution >= 0.6 is 0 Å². The number of pyridine rings is 2. The highest BCUT2D eigenvalue weighted by Gasteiger charge is 2.34. The van der Waals surface area contributed by atoms with Crippen LogP contribution in [0.3, 0.4) is 0 Å². The molecule has 1 aromatic carbocycles. The molecule has 0 unspecified atom stereocenters. The predicted molar refractivity (Wildman–Crippen MR) is 93.2 cm³/mol. The molecular weight excluding hydrogens is 357 g/mol. The van der Waals surface area contributed by atoms with Gasteiger partial charge >= 0.3 is 6.18 Å². The summed E-state index contributed by atoms with van der Waals surface area (Å²) in [5, 5.41) is 2.79. The first-order valence-corrected chi connectivity index (χ1v) is 7.88. The summed E-state index contributed by atoms with van der Waals surface area (Å²) < 4.78 is 40.2. The van der Waals surface area contributed by atoms with E-state index in [2.05, 4.69) is 20.1 Å². The van der Waals surface area contributed by atoms with E-state index in [-0.39, 0.29) is 28.8 Å². The molecule has 0 bridgehead atoms. The van der Waals surface area contributed by atoms with Crippen molar-refractivity contribution in [2.75, 3.05) is 0 Å². The van der Waals surface area contributed by atoms with E-state index in [9.17, 15) is 18.0 Å². The third-order valence-corrected chi connectivity index (χ3v) is 3.93. The fourth-order valence-electron chi connectivity index (χ4n) is 2.64. The largest absolute Gasteiger partial charge is 0.417 e. The average molecular weight is 370 g/mol. The zero-order valence-electron chi connectivity index (χ0n) is 14.1. The monoisotopic (exact) mass is 370 g/mol. The van der Waals surface area contributed by atoms with Gasteiger partial charge in [0.2, 0.25) is 0 Å². The van der Waals surface area contributed by atoms with E-state index >= 15 is 0 Å². The van der Waals surface area contributed by atoms with E-state index in [0.717, 1.165) is 6.07 Å². The van der Waals surface area contributed by atoms with Crippen molar-refractivity contribution in [3.05, 3.63) is 76.5 Å². The van der Waals surface area contributed by atoms with Crippen molar-refractivity contribution in [3.63, 3.8) is 0 Å². The van der Waals surface area contributed by atoms with Crippen LogP contribution in [0.1, 0.15) is 27.3 Å². The number of hydrogen-bond acceptors (Lipinski definition) is 3. The smallest absolute Gasteiger partial charge is 0.345 e. The van der Waals surface area contributed by atoms with Gasteiger partial charge in [0.15, 0.2) is 5.69 Å². The van der Waals surface area contributed by atoms with Gasteiger partial charge in [-0.15, -0.1) is 0 Å². The average Bonchev–Trinajstić information content (AvgIpc) is 2.65. The van der Waals surface area contributed by atoms with Crippen LogP contribution in [0.5, 0.6) is 0 Å². The second-order valence-electron chi connectivity index (χ2n) is 5.83. The van der Waals surface area contributed by atoms with Crippen LogP contribution in [0.4, 0.5) is 18.9 Å². The summed E-state index contributed by atoms with van der Waals surface area (Å²) in [6, 6.07) is 8.71. The fourth-order valence-corrected chi connectivity index (χ4v) is 2.64. The quantitative estimate of drug-likeness (QED) is 0.694. The van der Waals surface area contributed by atoms with Gasteiger partial charge in [0.25, 0.3) is 5.91 Å². The number of amides is 1. The van der Waals surface area contributed by atoms with E-state index in [1.54, 1.807) is 31.3 Å². The highest BCUT2D eigenvalue weighted by atomic mass is 19.4. The van der Waals surface area contributed by atoms with Crippen molar-refractivity contribution in [3.8, 4) is 0 Å². The molecule has 1 N–H and O–H groups in total. The van der Waals surface area contributed by atoms with Crippen molar-refractivity contribution in [2.45, 2.75) is 19.6 Å². The Labute approximate surface area is 152 Å². The number of nitrogens with zero attached hydrogens (tertiary/aromatic N) is 3. The maximum absolute atomic E-state index is 13.4. The number of benzene rings is 1. The molecule has 0 aliphatic rings. The second kappa shape index (κ2) is 7.03. The van der Waals surface area contributed by atoms with Gasteiger partial charge in [0.05, 0.1) is 29.9 Å². The van der Waals surface area contributed by atoms with Crippen molar-refractivity contribution in [1.82, 2.24) is 15.3 Å². The standard InChI is InChI=1S/C19H13F3N4O/c1-11-7-16(18(27)25-10-12-5-3-4-6-24-12)26-17-14(11)8-13(23-2)9-15(17)19(20,21)22/h3-9H,10H2,1H3,(H,25,27). The maximum atomic E-state index is 13.4. The Balaban J connectivity index is 2.02. The molecule has 0 saturated carbocycles. The minimum atomic E-state index is -4.69. The third kappa shape index (κ3) is 3.87. The molecular formula is C19H13F3N4O. The van der Waals surface area contributed by atoms with Crippen LogP contribution in [0, 0.1) is 13.5 Å². The minimum Gasteiger partial charge on any atom is -0.345 e. The van der Waals surface area contributed by atoms with Crippen molar-refractivity contribution in [1.29, 1.82) is 0 Å². The highest BCUT2D eigenvalue weighted by molar-refractivity contribution is 5.97. The summed E-state index contributed by atoms with van der Waals surface area (Å²) in [7, 11) is 0. The number of aryl methyl sites for hydroxylation is 1. The van der Waals surface area contributed by atoms with Gasteiger partial charge in [-0.05, 0) is 48.2 Å². The third-order valence-electron chi connectivity index (χ3n) is 3.93. The topological polar surface area (TPSA) is 59.2 Å². The summed E-state index contributed by atoms with van der Waals surface area (Å²) in [6.07, 6.45) is -3.12. The number of aromatic nitrogens is 2. The van der Waals surface area contributed by atoms with Crippen LogP contribution in [-0.2, 0) is 12.7 Å². The molecule has 8 heteroatoms. The number of halogens is 3. The van der Waals surface area contributed by atoms with Gasteiger partial charge in [0, 0.05) is 6.20 Å². The van der Waals surface area contributed by atoms with Gasteiger partial charge in [0.1, 0.15) is 5.69 Å². The first-order chi connectivity index (χ1) is 12.8. The molecule has 0 aliphatic heterocycles. The number of alkyl halides is 3. The number of rotatable bonds is 3. The minimum absolute atomic E-state index is 0.126. The molecule has 5 nitrogen and oxygen atoms in total. The number of carbonyl (C=O) groups excluding carboxylic acids is 1. The van der Waals surface area contributed by atoms with Crippen LogP contribution < -0.4 is 5.32 Å². The zero-order chi connectivity index (χ0) is 19.6. The summed E-state index contributed by atoms with van der Waals surface area (Å²) in [5.74, 6) is -0.604. The van der Waals surface area contributed by atoms with Crippen LogP contribution in [0.25, 0.3) is 15.7 Å². The zero-order valence-corrected chi connectivity index (χ0v) is 14.1. The lowest BCUT2D eigenvalue weighted by Gasteiger charge is -2.13. The molecule has 0 fully saturated rings. The Bertz CT molecular complexity index is 1060. The van der Waals surface area contributed by atoms with Crippen LogP contribution in [-0.4, -0.2) is 15.9 Å². The molecule has 0 radical (unpaired) electrons. The van der Waals surface area contributed by atoms with Gasteiger partial charge in [-0.25, -0.2) is 9.83 Å². The molecule has 27 heavy (non-hydrogen) atoms. The summed E-state index contributed by atoms with van der Waals surface area (Å²) in [4.78, 5) is 23.5. The first kappa shape index (κ1) is 18.3. The van der Waals surface area contributed by atoms with Crippen LogP contribution in [0.15, 0.2) is 42.6 Å². The molecule has 0 saturated heterocycles. The Kier molecular flexibility index (Phi) is 4.77. The van der Waals surface area contributed by atoms with Crippen molar-refractivity contribution >= 4 is 22.5 Å². The second-order valence-corrected chi connectivity index (χ2v) is 5.83. The van der Waals surface area contributed by atoms with Crippen molar-refractivity contribution < 1.29 is 18.0 Å². The molecule has 0 spiro atoms. The number of nitrogens with one attached hydrogen (secondary N) is 1. The number of carbonyl (C=O) groups is 1. The van der Waals surface area contributed by atoms with Gasteiger partial charge < -0.3 is 5.32 Å². The van der Waals surface area contributed by atoms with Gasteiger partial charge in [-0.1, -0.05) is 6.07 Å². The van der Waals surface area contributed by atoms with E-state index < -0.39 is 17.6 Å². The first-order valence-electron chi connectivity index (χ1n) is 7.88. The number of hydrogen-bond donors (Lipinski definition) is 1. The van der Waals surface area contributed by atoms with Crippen LogP contribution in [0.2, 0.25) is 0 Å². The normalized spacial score (nSPS) is 11.2. The Hall–Kier alpha value is -3.47. The Morgan fingerprint density at radius 3 is 2.67 bits per heavy atom. The van der Waals surface area contributed by atoms with Crippen molar-refractivity contribution in [2.24, 2.45) is 0 Å². The van der Waals surface area contributed by atoms with Gasteiger partial charge in [-0.2, -0.15) is 13.2 Å². The summed E-state index contributed by atoms with van der Waals surface area (Å²) in [6.45, 7) is 8.71. The Morgan fingerprint density at radius 2 is 2.04 bits per heavy atom. The lowest BCUT2D eigenvalue weighted by atomic mass is 10.0. The molecule has 3 rings (SSSR count). The highest BCUT2D eigenvalue weighted by Crippen LogP contribution is 2.38. The molecule has 136 valence electrons. The molecule has 2 heterocycles. The summed E-state index contributed by atoms with van der Waals surface area (Å²) in [5.41, 5.74) is -0.601. The lowest BCUT2D eigenvalue weighted by Crippen LogP contribution is -2.24. The number of fused-ring (bicyclic) bond motifs is 1. The maximum Gasteiger partial charge on any atom is 0.417 e. The summed E-state index contributed by atoms with van der Waals surface area (Å²) >= 11 is 0. The molecule has 0 atom stereocenters. The van der Waals surface area contributed by atoms with E-state index in [1.165, 1.54) is 12.1 Å². The molecule has 1 amide bonds. The Morgan fingerprint density at radius 1 is 1.26 bits per heavy atom. The molecule has 2 aromatic heterocycles. The predicted octanol–water partition coefficient (Wildman–Crippen LogP) is 4.44. The van der Waals surface area contributed by atoms with Gasteiger partial charge in [-0.3, -0.25) is 9.78 Å². The van der Waals surface area contributed by atoms with E-state index in [4.69, 9.17) is 6.57 Å². The SMILES string of the molecule is [C-]#[N+]c1cc(C(F)(F)F)c2nc(C(=O)NCc3ccccn3)cc(C)c2c1. The van der Waals surface area contributed by atoms with E-state index in [0.29, 0.717) is 11.3 Å². The fraction of sp³-hybridized carbons (Fsp3) is 0.158. The molecule has 0 aliphatic carbocycles. The molecule has 3 aromatic rings. The lowest BCUT2D eigenvalue weighted by molar-refractivity contribution is -0.136. The van der Waals surface area contributed by atoms with E-state index in [1.807, 2.05) is 0 Å².